The van der Waals surface area contributed by atoms with E-state index in [2.05, 4.69) is 4.84 Å². The summed E-state index contributed by atoms with van der Waals surface area (Å²) in [4.78, 5) is 15.8. The number of carbonyl (C=O) groups is 1. The molecule has 1 aromatic carbocycles. The van der Waals surface area contributed by atoms with E-state index < -0.39 is 24.6 Å². The van der Waals surface area contributed by atoms with Gasteiger partial charge in [0.1, 0.15) is 0 Å². The minimum absolute atomic E-state index is 0.477. The molecular formula is C12H14F3NO2. The van der Waals surface area contributed by atoms with Gasteiger partial charge in [0.2, 0.25) is 0 Å². The summed E-state index contributed by atoms with van der Waals surface area (Å²) in [7, 11) is 0. The first-order valence-electron chi connectivity index (χ1n) is 5.47. The summed E-state index contributed by atoms with van der Waals surface area (Å²) < 4.78 is 35.5. The van der Waals surface area contributed by atoms with Crippen LogP contribution in [0.1, 0.15) is 24.8 Å². The minimum Gasteiger partial charge on any atom is -0.272 e. The highest BCUT2D eigenvalue weighted by Gasteiger charge is 2.29. The highest BCUT2D eigenvalue weighted by Crippen LogP contribution is 2.19. The van der Waals surface area contributed by atoms with Crippen LogP contribution in [-0.4, -0.2) is 18.7 Å². The van der Waals surface area contributed by atoms with Crippen LogP contribution in [0, 0.1) is 0 Å². The Kier molecular flexibility index (Phi) is 5.15. The smallest absolute Gasteiger partial charge is 0.272 e. The van der Waals surface area contributed by atoms with Crippen molar-refractivity contribution in [2.75, 3.05) is 6.61 Å². The lowest BCUT2D eigenvalue weighted by Crippen LogP contribution is -2.33. The van der Waals surface area contributed by atoms with E-state index in [1.807, 2.05) is 5.48 Å². The second-order valence-electron chi connectivity index (χ2n) is 3.74. The third kappa shape index (κ3) is 4.75. The van der Waals surface area contributed by atoms with E-state index >= 15 is 0 Å². The Morgan fingerprint density at radius 2 is 1.94 bits per heavy atom. The molecule has 1 amide bonds. The van der Waals surface area contributed by atoms with E-state index in [9.17, 15) is 18.0 Å². The van der Waals surface area contributed by atoms with Gasteiger partial charge in [0.05, 0.1) is 5.92 Å². The van der Waals surface area contributed by atoms with Gasteiger partial charge in [-0.25, -0.2) is 5.48 Å². The summed E-state index contributed by atoms with van der Waals surface area (Å²) in [5.74, 6) is -1.09. The molecule has 0 fully saturated rings. The molecule has 1 aromatic rings. The van der Waals surface area contributed by atoms with Crippen molar-refractivity contribution in [3.05, 3.63) is 35.9 Å². The molecule has 100 valence electrons. The van der Waals surface area contributed by atoms with Gasteiger partial charge < -0.3 is 0 Å². The van der Waals surface area contributed by atoms with E-state index in [1.165, 1.54) is 0 Å². The molecular weight excluding hydrogens is 247 g/mol. The van der Waals surface area contributed by atoms with Gasteiger partial charge in [-0.15, -0.1) is 0 Å². The average Bonchev–Trinajstić information content (AvgIpc) is 2.29. The largest absolute Gasteiger partial charge is 0.414 e. The van der Waals surface area contributed by atoms with E-state index in [0.717, 1.165) is 5.56 Å². The molecule has 0 aromatic heterocycles. The Morgan fingerprint density at radius 1 is 1.33 bits per heavy atom. The topological polar surface area (TPSA) is 38.3 Å². The maximum atomic E-state index is 11.8. The van der Waals surface area contributed by atoms with Gasteiger partial charge in [-0.2, -0.15) is 13.2 Å². The first-order valence-corrected chi connectivity index (χ1v) is 5.47. The SMILES string of the molecule is CCC(C(=O)NOCC(F)(F)F)c1ccccc1. The van der Waals surface area contributed by atoms with Crippen molar-refractivity contribution >= 4 is 5.91 Å². The Bertz CT molecular complexity index is 379. The van der Waals surface area contributed by atoms with Gasteiger partial charge in [0.25, 0.3) is 5.91 Å². The van der Waals surface area contributed by atoms with Crippen LogP contribution >= 0.6 is 0 Å². The monoisotopic (exact) mass is 261 g/mol. The predicted molar refractivity (Wildman–Crippen MR) is 59.6 cm³/mol. The zero-order valence-corrected chi connectivity index (χ0v) is 9.83. The quantitative estimate of drug-likeness (QED) is 0.828. The third-order valence-electron chi connectivity index (χ3n) is 2.34. The van der Waals surface area contributed by atoms with Gasteiger partial charge in [0.15, 0.2) is 6.61 Å². The van der Waals surface area contributed by atoms with Crippen LogP contribution in [0.5, 0.6) is 0 Å². The number of halogens is 3. The van der Waals surface area contributed by atoms with Crippen LogP contribution in [0.15, 0.2) is 30.3 Å². The lowest BCUT2D eigenvalue weighted by Gasteiger charge is -2.15. The van der Waals surface area contributed by atoms with Crippen LogP contribution in [-0.2, 0) is 9.63 Å². The molecule has 0 aliphatic rings. The normalized spacial score (nSPS) is 13.1. The molecule has 0 spiro atoms. The first-order chi connectivity index (χ1) is 8.44. The highest BCUT2D eigenvalue weighted by atomic mass is 19.4. The lowest BCUT2D eigenvalue weighted by atomic mass is 9.96. The fraction of sp³-hybridized carbons (Fsp3) is 0.417. The molecule has 0 heterocycles. The maximum Gasteiger partial charge on any atom is 0.414 e. The molecule has 1 N–H and O–H groups in total. The van der Waals surface area contributed by atoms with Crippen molar-refractivity contribution in [3.63, 3.8) is 0 Å². The summed E-state index contributed by atoms with van der Waals surface area (Å²) in [6.07, 6.45) is -3.98. The zero-order chi connectivity index (χ0) is 13.6. The number of hydroxylamine groups is 1. The van der Waals surface area contributed by atoms with Crippen molar-refractivity contribution < 1.29 is 22.8 Å². The van der Waals surface area contributed by atoms with Crippen molar-refractivity contribution in [3.8, 4) is 0 Å². The number of hydrogen-bond acceptors (Lipinski definition) is 2. The van der Waals surface area contributed by atoms with Crippen LogP contribution in [0.25, 0.3) is 0 Å². The summed E-state index contributed by atoms with van der Waals surface area (Å²) in [5.41, 5.74) is 2.57. The third-order valence-corrected chi connectivity index (χ3v) is 2.34. The number of rotatable bonds is 5. The number of hydrogen-bond donors (Lipinski definition) is 1. The van der Waals surface area contributed by atoms with E-state index in [-0.39, 0.29) is 0 Å². The molecule has 0 aliphatic carbocycles. The van der Waals surface area contributed by atoms with Crippen LogP contribution in [0.3, 0.4) is 0 Å². The van der Waals surface area contributed by atoms with E-state index in [1.54, 1.807) is 37.3 Å². The molecule has 1 unspecified atom stereocenters. The Morgan fingerprint density at radius 3 is 2.44 bits per heavy atom. The maximum absolute atomic E-state index is 11.8. The Labute approximate surface area is 103 Å². The molecule has 1 atom stereocenters. The number of amides is 1. The highest BCUT2D eigenvalue weighted by molar-refractivity contribution is 5.82. The number of carbonyl (C=O) groups excluding carboxylic acids is 1. The van der Waals surface area contributed by atoms with Crippen LogP contribution in [0.2, 0.25) is 0 Å². The van der Waals surface area contributed by atoms with Crippen molar-refractivity contribution in [1.29, 1.82) is 0 Å². The number of alkyl halides is 3. The second-order valence-corrected chi connectivity index (χ2v) is 3.74. The molecule has 0 saturated heterocycles. The molecule has 0 saturated carbocycles. The van der Waals surface area contributed by atoms with Gasteiger partial charge in [0, 0.05) is 0 Å². The van der Waals surface area contributed by atoms with Gasteiger partial charge in [-0.05, 0) is 12.0 Å². The fourth-order valence-corrected chi connectivity index (χ4v) is 1.52. The van der Waals surface area contributed by atoms with Gasteiger partial charge in [-0.3, -0.25) is 9.63 Å². The summed E-state index contributed by atoms with van der Waals surface area (Å²) >= 11 is 0. The predicted octanol–water partition coefficient (Wildman–Crippen LogP) is 2.79. The number of benzene rings is 1. The second kappa shape index (κ2) is 6.39. The molecule has 1 rings (SSSR count). The molecule has 0 radical (unpaired) electrons. The lowest BCUT2D eigenvalue weighted by molar-refractivity contribution is -0.192. The molecule has 0 bridgehead atoms. The first kappa shape index (κ1) is 14.5. The van der Waals surface area contributed by atoms with Gasteiger partial charge in [-0.1, -0.05) is 37.3 Å². The average molecular weight is 261 g/mol. The fourth-order valence-electron chi connectivity index (χ4n) is 1.52. The summed E-state index contributed by atoms with van der Waals surface area (Å²) in [6.45, 7) is 0.283. The standard InChI is InChI=1S/C12H14F3NO2/c1-2-10(9-6-4-3-5-7-9)11(17)16-18-8-12(13,14)15/h3-7,10H,2,8H2,1H3,(H,16,17). The molecule has 18 heavy (non-hydrogen) atoms. The molecule has 3 nitrogen and oxygen atoms in total. The van der Waals surface area contributed by atoms with Crippen molar-refractivity contribution in [2.24, 2.45) is 0 Å². The summed E-state index contributed by atoms with van der Waals surface area (Å²) in [5, 5.41) is 0. The Hall–Kier alpha value is -1.56. The summed E-state index contributed by atoms with van der Waals surface area (Å²) in [6, 6.07) is 8.83. The number of nitrogens with one attached hydrogen (secondary N) is 1. The van der Waals surface area contributed by atoms with Crippen molar-refractivity contribution in [1.82, 2.24) is 5.48 Å². The van der Waals surface area contributed by atoms with Gasteiger partial charge >= 0.3 is 6.18 Å². The van der Waals surface area contributed by atoms with Crippen LogP contribution < -0.4 is 5.48 Å². The molecule has 0 aliphatic heterocycles. The van der Waals surface area contributed by atoms with Crippen LogP contribution in [0.4, 0.5) is 13.2 Å². The Balaban J connectivity index is 2.54. The van der Waals surface area contributed by atoms with E-state index in [4.69, 9.17) is 0 Å². The zero-order valence-electron chi connectivity index (χ0n) is 9.83. The van der Waals surface area contributed by atoms with Crippen molar-refractivity contribution in [2.45, 2.75) is 25.4 Å². The molecule has 6 heteroatoms. The minimum atomic E-state index is -4.46. The van der Waals surface area contributed by atoms with E-state index in [0.29, 0.717) is 6.42 Å².